The van der Waals surface area contributed by atoms with Crippen molar-refractivity contribution >= 4 is 26.9 Å². The Labute approximate surface area is 255 Å². The maximum atomic E-state index is 13.0. The molecule has 0 heterocycles. The minimum absolute atomic E-state index is 0.306. The van der Waals surface area contributed by atoms with Gasteiger partial charge in [-0.15, -0.1) is 0 Å². The Morgan fingerprint density at radius 2 is 0.977 bits per heavy atom. The van der Waals surface area contributed by atoms with E-state index in [9.17, 15) is 18.2 Å². The van der Waals surface area contributed by atoms with Crippen LogP contribution in [0.25, 0.3) is 0 Å². The van der Waals surface area contributed by atoms with Gasteiger partial charge in [0.15, 0.2) is 0 Å². The van der Waals surface area contributed by atoms with Gasteiger partial charge in [-0.05, 0) is 12.8 Å². The monoisotopic (exact) mass is 633 g/mol. The van der Waals surface area contributed by atoms with E-state index in [4.69, 9.17) is 23.7 Å². The molecule has 0 radical (unpaired) electrons. The molecule has 0 atom stereocenters. The number of esters is 3. The van der Waals surface area contributed by atoms with Crippen molar-refractivity contribution in [3.8, 4) is 17.2 Å². The summed E-state index contributed by atoms with van der Waals surface area (Å²) in [6.45, 7) is 8.22. The predicted octanol–water partition coefficient (Wildman–Crippen LogP) is 4.60. The molecule has 3 rings (SSSR count). The van der Waals surface area contributed by atoms with Gasteiger partial charge in [-0.2, -0.15) is 0 Å². The van der Waals surface area contributed by atoms with E-state index in [-0.39, 0.29) is 0 Å². The normalized spacial score (nSPS) is 10.7. The Hall–Kier alpha value is -4.54. The Kier molecular flexibility index (Phi) is 13.9. The average Bonchev–Trinajstić information content (AvgIpc) is 3.04. The molecule has 3 aromatic rings. The zero-order valence-electron chi connectivity index (χ0n) is 23.7. The van der Waals surface area contributed by atoms with Crippen molar-refractivity contribution in [2.45, 2.75) is 25.7 Å². The standard InChI is InChI=1S/C20H19O5.C13H15O3.Co.O/c1-2-19(21)24-15-7-6-14-23-17-12-10-16(11-13-17)20(22)25-18-8-4-3-5-9-18;1-2-13(14)16-11-7-6-10-15-12-8-4-3-5-9-12;;/h2,4-5,8-13H,1,6-7,14-15H2;2,4-5,8-9H,1,6-7,10-11H2;;. The SMILES string of the molecule is C=CC(=O)OCCCCOc1ccc(C(=O)Oc2cc[c]([Co](=[O])[c]3ccc(OCCCCOC(=O)C=C)cc3)cc2)cc1. The van der Waals surface area contributed by atoms with Gasteiger partial charge in [-0.1, -0.05) is 13.2 Å². The average molecular weight is 634 g/mol. The Morgan fingerprint density at radius 1 is 0.581 bits per heavy atom. The van der Waals surface area contributed by atoms with Crippen LogP contribution in [-0.2, 0) is 36.5 Å². The molecule has 9 nitrogen and oxygen atoms in total. The van der Waals surface area contributed by atoms with Gasteiger partial charge in [0.1, 0.15) is 0 Å². The van der Waals surface area contributed by atoms with E-state index < -0.39 is 31.5 Å². The van der Waals surface area contributed by atoms with E-state index in [2.05, 4.69) is 13.2 Å². The summed E-state index contributed by atoms with van der Waals surface area (Å²) in [5.74, 6) is 0.180. The topological polar surface area (TPSA) is 114 Å². The van der Waals surface area contributed by atoms with E-state index in [0.717, 1.165) is 18.6 Å². The van der Waals surface area contributed by atoms with Crippen molar-refractivity contribution in [3.05, 3.63) is 104 Å². The number of hydrogen-bond acceptors (Lipinski definition) is 9. The summed E-state index contributed by atoms with van der Waals surface area (Å²) >= 11 is -1.82. The molecule has 0 saturated heterocycles. The predicted molar refractivity (Wildman–Crippen MR) is 156 cm³/mol. The van der Waals surface area contributed by atoms with Gasteiger partial charge in [0.25, 0.3) is 0 Å². The van der Waals surface area contributed by atoms with Crippen molar-refractivity contribution in [2.75, 3.05) is 26.4 Å². The van der Waals surface area contributed by atoms with Gasteiger partial charge < -0.3 is 4.74 Å². The van der Waals surface area contributed by atoms with Crippen LogP contribution >= 0.6 is 0 Å². The summed E-state index contributed by atoms with van der Waals surface area (Å²) in [5, 5.41) is 0. The number of unbranched alkanes of at least 4 members (excludes halogenated alkanes) is 2. The van der Waals surface area contributed by atoms with Crippen molar-refractivity contribution in [1.82, 2.24) is 0 Å². The van der Waals surface area contributed by atoms with Crippen molar-refractivity contribution in [3.63, 3.8) is 0 Å². The first-order valence-corrected chi connectivity index (χ1v) is 15.0. The maximum absolute atomic E-state index is 13.0. The number of rotatable bonds is 18. The Balaban J connectivity index is 1.40. The van der Waals surface area contributed by atoms with Gasteiger partial charge in [0.05, 0.1) is 6.61 Å². The number of hydrogen-bond donors (Lipinski definition) is 0. The third kappa shape index (κ3) is 11.7. The fourth-order valence-electron chi connectivity index (χ4n) is 3.44. The minimum atomic E-state index is -1.82. The first-order valence-electron chi connectivity index (χ1n) is 13.6. The third-order valence-corrected chi connectivity index (χ3v) is 7.47. The van der Waals surface area contributed by atoms with Crippen molar-refractivity contribution < 1.29 is 55.5 Å². The molecule has 3 aromatic carbocycles. The van der Waals surface area contributed by atoms with Crippen molar-refractivity contribution in [2.24, 2.45) is 0 Å². The van der Waals surface area contributed by atoms with Crippen molar-refractivity contribution in [1.29, 1.82) is 0 Å². The third-order valence-electron chi connectivity index (χ3n) is 5.68. The van der Waals surface area contributed by atoms with Crippen LogP contribution in [-0.4, -0.2) is 44.3 Å². The van der Waals surface area contributed by atoms with Gasteiger partial charge in [-0.3, -0.25) is 0 Å². The van der Waals surface area contributed by atoms with E-state index in [0.29, 0.717) is 77.5 Å². The molecule has 0 N–H and O–H groups in total. The van der Waals surface area contributed by atoms with E-state index in [1.54, 1.807) is 72.8 Å². The molecule has 0 fully saturated rings. The summed E-state index contributed by atoms with van der Waals surface area (Å²) < 4.78 is 40.9. The molecule has 0 aliphatic carbocycles. The summed E-state index contributed by atoms with van der Waals surface area (Å²) in [6, 6.07) is 20.2. The summed E-state index contributed by atoms with van der Waals surface area (Å²) in [4.78, 5) is 34.6. The quantitative estimate of drug-likeness (QED) is 0.0859. The van der Waals surface area contributed by atoms with Gasteiger partial charge in [0, 0.05) is 6.08 Å². The molecule has 0 saturated carbocycles. The van der Waals surface area contributed by atoms with E-state index in [1.807, 2.05) is 0 Å². The fourth-order valence-corrected chi connectivity index (χ4v) is 4.76. The molecule has 10 heteroatoms. The van der Waals surface area contributed by atoms with Crippen LogP contribution in [0.1, 0.15) is 36.0 Å². The molecule has 229 valence electrons. The molecule has 0 aliphatic rings. The van der Waals surface area contributed by atoms with Crippen LogP contribution in [0.15, 0.2) is 98.1 Å². The molecule has 0 bridgehead atoms. The first kappa shape index (κ1) is 33.0. The number of ether oxygens (including phenoxy) is 5. The second kappa shape index (κ2) is 18.1. The summed E-state index contributed by atoms with van der Waals surface area (Å²) in [6.07, 6.45) is 5.02. The number of benzene rings is 3. The van der Waals surface area contributed by atoms with Crippen LogP contribution in [0.3, 0.4) is 0 Å². The van der Waals surface area contributed by atoms with Gasteiger partial charge in [0.2, 0.25) is 0 Å². The van der Waals surface area contributed by atoms with Gasteiger partial charge >= 0.3 is 207 Å². The number of carbonyl (C=O) groups excluding carboxylic acids is 3. The summed E-state index contributed by atoms with van der Waals surface area (Å²) in [5.41, 5.74) is 0.358. The first-order chi connectivity index (χ1) is 20.9. The molecule has 0 amide bonds. The van der Waals surface area contributed by atoms with Crippen LogP contribution in [0.2, 0.25) is 0 Å². The van der Waals surface area contributed by atoms with Crippen LogP contribution < -0.4 is 23.2 Å². The Bertz CT molecular complexity index is 1380. The van der Waals surface area contributed by atoms with Crippen LogP contribution in [0, 0.1) is 0 Å². The second-order valence-corrected chi connectivity index (χ2v) is 10.7. The van der Waals surface area contributed by atoms with E-state index in [1.165, 1.54) is 0 Å². The van der Waals surface area contributed by atoms with Gasteiger partial charge in [-0.25, -0.2) is 4.79 Å². The number of carbonyl (C=O) groups is 3. The fraction of sp³-hybridized carbons (Fsp3) is 0.242. The second-order valence-electron chi connectivity index (χ2n) is 8.84. The zero-order valence-corrected chi connectivity index (χ0v) is 24.7. The molecule has 0 aliphatic heterocycles. The Morgan fingerprint density at radius 3 is 1.42 bits per heavy atom. The summed E-state index contributed by atoms with van der Waals surface area (Å²) in [7, 11) is 0. The van der Waals surface area contributed by atoms with Crippen LogP contribution in [0.4, 0.5) is 0 Å². The molecule has 0 spiro atoms. The van der Waals surface area contributed by atoms with Crippen LogP contribution in [0.5, 0.6) is 17.2 Å². The molecule has 0 unspecified atom stereocenters. The van der Waals surface area contributed by atoms with E-state index >= 15 is 0 Å². The molecule has 0 aromatic heterocycles. The molecule has 43 heavy (non-hydrogen) atoms. The molecular formula is C33H34CoO9. The zero-order chi connectivity index (χ0) is 30.9. The molecular weight excluding hydrogens is 599 g/mol.